The SMILES string of the molecule is CC(C)c1ccc(NC(=O)COC(=O)CCN2C(=O)[C@@H]3CCCC[C@H]3C2=O)cc1. The number of amides is 3. The van der Waals surface area contributed by atoms with Gasteiger partial charge in [0.25, 0.3) is 5.91 Å². The first-order valence-electron chi connectivity index (χ1n) is 10.3. The maximum atomic E-state index is 12.4. The first-order chi connectivity index (χ1) is 13.9. The van der Waals surface area contributed by atoms with E-state index in [1.165, 1.54) is 10.5 Å². The third kappa shape index (κ3) is 5.02. The molecule has 0 radical (unpaired) electrons. The average Bonchev–Trinajstić information content (AvgIpc) is 2.95. The highest BCUT2D eigenvalue weighted by molar-refractivity contribution is 6.05. The molecule has 2 atom stereocenters. The lowest BCUT2D eigenvalue weighted by Crippen LogP contribution is -2.33. The molecule has 29 heavy (non-hydrogen) atoms. The summed E-state index contributed by atoms with van der Waals surface area (Å²) in [7, 11) is 0. The Morgan fingerprint density at radius 3 is 2.21 bits per heavy atom. The number of imide groups is 1. The molecule has 0 spiro atoms. The quantitative estimate of drug-likeness (QED) is 0.561. The molecule has 0 aromatic heterocycles. The maximum Gasteiger partial charge on any atom is 0.308 e. The molecule has 1 aromatic rings. The Labute approximate surface area is 170 Å². The van der Waals surface area contributed by atoms with Crippen LogP contribution >= 0.6 is 0 Å². The van der Waals surface area contributed by atoms with Crippen molar-refractivity contribution < 1.29 is 23.9 Å². The number of anilines is 1. The van der Waals surface area contributed by atoms with E-state index in [1.54, 1.807) is 12.1 Å². The molecule has 1 aliphatic heterocycles. The molecule has 3 rings (SSSR count). The number of rotatable bonds is 7. The van der Waals surface area contributed by atoms with Crippen LogP contribution in [-0.4, -0.2) is 41.7 Å². The number of benzene rings is 1. The van der Waals surface area contributed by atoms with Crippen molar-refractivity contribution in [3.63, 3.8) is 0 Å². The molecular formula is C22H28N2O5. The molecule has 1 saturated heterocycles. The van der Waals surface area contributed by atoms with Gasteiger partial charge in [-0.1, -0.05) is 38.8 Å². The van der Waals surface area contributed by atoms with E-state index in [2.05, 4.69) is 19.2 Å². The molecule has 2 fully saturated rings. The Bertz CT molecular complexity index is 763. The van der Waals surface area contributed by atoms with E-state index in [9.17, 15) is 19.2 Å². The van der Waals surface area contributed by atoms with Gasteiger partial charge in [-0.25, -0.2) is 0 Å². The summed E-state index contributed by atoms with van der Waals surface area (Å²) in [5.41, 5.74) is 1.80. The van der Waals surface area contributed by atoms with E-state index in [0.29, 0.717) is 11.6 Å². The number of carbonyl (C=O) groups is 4. The van der Waals surface area contributed by atoms with Crippen LogP contribution in [0.2, 0.25) is 0 Å². The number of ether oxygens (including phenoxy) is 1. The summed E-state index contributed by atoms with van der Waals surface area (Å²) in [4.78, 5) is 49.9. The van der Waals surface area contributed by atoms with Gasteiger partial charge in [0.1, 0.15) is 0 Å². The summed E-state index contributed by atoms with van der Waals surface area (Å²) in [6.45, 7) is 3.79. The molecule has 1 heterocycles. The average molecular weight is 400 g/mol. The first kappa shape index (κ1) is 21.0. The molecule has 156 valence electrons. The van der Waals surface area contributed by atoms with Crippen LogP contribution in [0, 0.1) is 11.8 Å². The number of hydrogen-bond donors (Lipinski definition) is 1. The third-order valence-electron chi connectivity index (χ3n) is 5.70. The number of hydrogen-bond acceptors (Lipinski definition) is 5. The van der Waals surface area contributed by atoms with Crippen molar-refractivity contribution in [2.75, 3.05) is 18.5 Å². The lowest BCUT2D eigenvalue weighted by atomic mass is 9.81. The number of esters is 1. The highest BCUT2D eigenvalue weighted by Gasteiger charge is 2.47. The Kier molecular flexibility index (Phi) is 6.67. The molecule has 1 saturated carbocycles. The van der Waals surface area contributed by atoms with Crippen LogP contribution in [0.3, 0.4) is 0 Å². The lowest BCUT2D eigenvalue weighted by Gasteiger charge is -2.19. The van der Waals surface area contributed by atoms with Gasteiger partial charge < -0.3 is 10.1 Å². The Morgan fingerprint density at radius 1 is 1.07 bits per heavy atom. The van der Waals surface area contributed by atoms with Gasteiger partial charge in [0, 0.05) is 12.2 Å². The smallest absolute Gasteiger partial charge is 0.308 e. The van der Waals surface area contributed by atoms with Gasteiger partial charge in [0.05, 0.1) is 18.3 Å². The summed E-state index contributed by atoms with van der Waals surface area (Å²) < 4.78 is 4.99. The van der Waals surface area contributed by atoms with Crippen molar-refractivity contribution in [1.82, 2.24) is 4.90 Å². The van der Waals surface area contributed by atoms with Gasteiger partial charge in [-0.3, -0.25) is 24.1 Å². The van der Waals surface area contributed by atoms with Gasteiger partial charge >= 0.3 is 5.97 Å². The fourth-order valence-electron chi connectivity index (χ4n) is 4.02. The lowest BCUT2D eigenvalue weighted by molar-refractivity contribution is -0.148. The topological polar surface area (TPSA) is 92.8 Å². The van der Waals surface area contributed by atoms with Crippen molar-refractivity contribution in [2.45, 2.75) is 51.9 Å². The fourth-order valence-corrected chi connectivity index (χ4v) is 4.02. The van der Waals surface area contributed by atoms with Crippen molar-refractivity contribution in [3.05, 3.63) is 29.8 Å². The molecular weight excluding hydrogens is 372 g/mol. The van der Waals surface area contributed by atoms with Crippen LogP contribution in [0.25, 0.3) is 0 Å². The molecule has 7 nitrogen and oxygen atoms in total. The van der Waals surface area contributed by atoms with Crippen LogP contribution in [0.1, 0.15) is 57.4 Å². The number of fused-ring (bicyclic) bond motifs is 1. The zero-order valence-electron chi connectivity index (χ0n) is 17.0. The monoisotopic (exact) mass is 400 g/mol. The van der Waals surface area contributed by atoms with Crippen LogP contribution in [-0.2, 0) is 23.9 Å². The van der Waals surface area contributed by atoms with Gasteiger partial charge in [-0.2, -0.15) is 0 Å². The van der Waals surface area contributed by atoms with E-state index >= 15 is 0 Å². The van der Waals surface area contributed by atoms with Crippen molar-refractivity contribution in [3.8, 4) is 0 Å². The normalized spacial score (nSPS) is 21.3. The second-order valence-corrected chi connectivity index (χ2v) is 8.06. The predicted octanol–water partition coefficient (Wildman–Crippen LogP) is 2.86. The summed E-state index contributed by atoms with van der Waals surface area (Å²) in [6, 6.07) is 7.49. The number of likely N-dealkylation sites (tertiary alicyclic amines) is 1. The van der Waals surface area contributed by atoms with Crippen LogP contribution in [0.15, 0.2) is 24.3 Å². The standard InChI is InChI=1S/C22H28N2O5/c1-14(2)15-7-9-16(10-8-15)23-19(25)13-29-20(26)11-12-24-21(27)17-5-3-4-6-18(17)22(24)28/h7-10,14,17-18H,3-6,11-13H2,1-2H3,(H,23,25)/t17-,18-/m1/s1. The number of carbonyl (C=O) groups excluding carboxylic acids is 4. The second kappa shape index (κ2) is 9.20. The summed E-state index contributed by atoms with van der Waals surface area (Å²) in [5, 5.41) is 2.67. The highest BCUT2D eigenvalue weighted by atomic mass is 16.5. The Balaban J connectivity index is 1.41. The first-order valence-corrected chi connectivity index (χ1v) is 10.3. The fraction of sp³-hybridized carbons (Fsp3) is 0.545. The molecule has 1 aromatic carbocycles. The number of nitrogens with zero attached hydrogens (tertiary/aromatic N) is 1. The minimum atomic E-state index is -0.606. The predicted molar refractivity (Wildman–Crippen MR) is 107 cm³/mol. The van der Waals surface area contributed by atoms with Crippen LogP contribution in [0.4, 0.5) is 5.69 Å². The zero-order chi connectivity index (χ0) is 21.0. The summed E-state index contributed by atoms with van der Waals surface area (Å²) in [6.07, 6.45) is 3.31. The largest absolute Gasteiger partial charge is 0.456 e. The summed E-state index contributed by atoms with van der Waals surface area (Å²) >= 11 is 0. The number of nitrogens with one attached hydrogen (secondary N) is 1. The summed E-state index contributed by atoms with van der Waals surface area (Å²) in [5.74, 6) is -1.43. The molecule has 1 N–H and O–H groups in total. The van der Waals surface area contributed by atoms with Gasteiger partial charge in [0.15, 0.2) is 6.61 Å². The Morgan fingerprint density at radius 2 is 1.66 bits per heavy atom. The van der Waals surface area contributed by atoms with E-state index in [1.807, 2.05) is 12.1 Å². The highest BCUT2D eigenvalue weighted by Crippen LogP contribution is 2.37. The third-order valence-corrected chi connectivity index (χ3v) is 5.70. The molecule has 3 amide bonds. The molecule has 0 bridgehead atoms. The minimum absolute atomic E-state index is 0.0157. The molecule has 0 unspecified atom stereocenters. The Hall–Kier alpha value is -2.70. The molecule has 7 heteroatoms. The van der Waals surface area contributed by atoms with Crippen LogP contribution < -0.4 is 5.32 Å². The zero-order valence-corrected chi connectivity index (χ0v) is 17.0. The van der Waals surface area contributed by atoms with Gasteiger partial charge in [-0.05, 0) is 36.5 Å². The van der Waals surface area contributed by atoms with E-state index < -0.39 is 18.5 Å². The molecule has 1 aliphatic carbocycles. The second-order valence-electron chi connectivity index (χ2n) is 8.06. The van der Waals surface area contributed by atoms with E-state index in [-0.39, 0.29) is 36.6 Å². The van der Waals surface area contributed by atoms with Crippen molar-refractivity contribution >= 4 is 29.4 Å². The minimum Gasteiger partial charge on any atom is -0.456 e. The van der Waals surface area contributed by atoms with E-state index in [4.69, 9.17) is 4.74 Å². The molecule has 2 aliphatic rings. The van der Waals surface area contributed by atoms with Crippen LogP contribution in [0.5, 0.6) is 0 Å². The van der Waals surface area contributed by atoms with Gasteiger partial charge in [-0.15, -0.1) is 0 Å². The van der Waals surface area contributed by atoms with Gasteiger partial charge in [0.2, 0.25) is 11.8 Å². The van der Waals surface area contributed by atoms with Crippen molar-refractivity contribution in [1.29, 1.82) is 0 Å². The van der Waals surface area contributed by atoms with E-state index in [0.717, 1.165) is 25.7 Å². The maximum absolute atomic E-state index is 12.4. The van der Waals surface area contributed by atoms with Crippen molar-refractivity contribution in [2.24, 2.45) is 11.8 Å².